The molecule has 28 heavy (non-hydrogen) atoms. The van der Waals surface area contributed by atoms with Gasteiger partial charge in [-0.15, -0.1) is 0 Å². The van der Waals surface area contributed by atoms with Crippen molar-refractivity contribution in [3.63, 3.8) is 0 Å². The average Bonchev–Trinajstić information content (AvgIpc) is 2.88. The molecule has 1 aromatic heterocycles. The van der Waals surface area contributed by atoms with Gasteiger partial charge in [-0.2, -0.15) is 8.78 Å². The molecule has 0 spiro atoms. The van der Waals surface area contributed by atoms with Gasteiger partial charge in [-0.1, -0.05) is 26.0 Å². The van der Waals surface area contributed by atoms with Crippen LogP contribution in [0.2, 0.25) is 0 Å². The zero-order valence-corrected chi connectivity index (χ0v) is 16.6. The van der Waals surface area contributed by atoms with Crippen LogP contribution in [0.5, 0.6) is 0 Å². The minimum Gasteiger partial charge on any atom is -0.449 e. The molecular formula is C20H28F2N4O2. The van der Waals surface area contributed by atoms with E-state index in [4.69, 9.17) is 4.74 Å². The Kier molecular flexibility index (Phi) is 6.49. The Morgan fingerprint density at radius 1 is 1.14 bits per heavy atom. The van der Waals surface area contributed by atoms with Gasteiger partial charge in [0.25, 0.3) is 0 Å². The van der Waals surface area contributed by atoms with Crippen LogP contribution in [0.4, 0.5) is 13.6 Å². The number of fused-ring (bicyclic) bond motifs is 1. The predicted molar refractivity (Wildman–Crippen MR) is 103 cm³/mol. The van der Waals surface area contributed by atoms with Crippen LogP contribution >= 0.6 is 0 Å². The third-order valence-corrected chi connectivity index (χ3v) is 5.07. The molecule has 6 nitrogen and oxygen atoms in total. The number of amides is 1. The number of imidazole rings is 1. The molecule has 1 aromatic carbocycles. The quantitative estimate of drug-likeness (QED) is 0.759. The molecular weight excluding hydrogens is 366 g/mol. The zero-order valence-electron chi connectivity index (χ0n) is 16.6. The van der Waals surface area contributed by atoms with Crippen LogP contribution in [0.15, 0.2) is 24.3 Å². The fraction of sp³-hybridized carbons (Fsp3) is 0.600. The van der Waals surface area contributed by atoms with Crippen LogP contribution in [-0.4, -0.2) is 58.2 Å². The molecule has 1 atom stereocenters. The summed E-state index contributed by atoms with van der Waals surface area (Å²) in [6.45, 7) is 6.04. The topological polar surface area (TPSA) is 50.6 Å². The lowest BCUT2D eigenvalue weighted by Crippen LogP contribution is -2.37. The molecule has 0 radical (unpaired) electrons. The Labute approximate surface area is 164 Å². The van der Waals surface area contributed by atoms with Gasteiger partial charge in [0.1, 0.15) is 5.82 Å². The molecule has 2 heterocycles. The van der Waals surface area contributed by atoms with Gasteiger partial charge >= 0.3 is 12.6 Å². The highest BCUT2D eigenvalue weighted by Gasteiger charge is 2.28. The molecule has 0 N–H and O–H groups in total. The standard InChI is InChI=1S/C20H28F2N4O2/c1-14(2)13-28-20(27)25-10-6-9-24(11-12-25)15(3)18-23-16-7-4-5-8-17(16)26(18)19(21)22/h4-5,7-8,14-15,19H,6,9-13H2,1-3H3. The van der Waals surface area contributed by atoms with E-state index >= 15 is 0 Å². The highest BCUT2D eigenvalue weighted by atomic mass is 19.3. The smallest absolute Gasteiger partial charge is 0.409 e. The molecule has 1 amide bonds. The van der Waals surface area contributed by atoms with Crippen molar-refractivity contribution in [1.82, 2.24) is 19.4 Å². The fourth-order valence-electron chi connectivity index (χ4n) is 3.56. The number of halogens is 2. The highest BCUT2D eigenvalue weighted by Crippen LogP contribution is 2.29. The first kappa shape index (κ1) is 20.5. The summed E-state index contributed by atoms with van der Waals surface area (Å²) in [5.74, 6) is 0.641. The van der Waals surface area contributed by atoms with Crippen LogP contribution in [0.1, 0.15) is 45.6 Å². The normalized spacial score (nSPS) is 17.3. The van der Waals surface area contributed by atoms with Crippen molar-refractivity contribution in [1.29, 1.82) is 0 Å². The molecule has 0 saturated carbocycles. The minimum absolute atomic E-state index is 0.284. The number of benzene rings is 1. The molecule has 0 aliphatic carbocycles. The van der Waals surface area contributed by atoms with Crippen LogP contribution in [-0.2, 0) is 4.74 Å². The van der Waals surface area contributed by atoms with E-state index < -0.39 is 6.55 Å². The van der Waals surface area contributed by atoms with Gasteiger partial charge < -0.3 is 9.64 Å². The highest BCUT2D eigenvalue weighted by molar-refractivity contribution is 5.76. The van der Waals surface area contributed by atoms with E-state index in [-0.39, 0.29) is 18.1 Å². The van der Waals surface area contributed by atoms with Crippen LogP contribution < -0.4 is 0 Å². The first-order valence-electron chi connectivity index (χ1n) is 9.79. The summed E-state index contributed by atoms with van der Waals surface area (Å²) in [5.41, 5.74) is 1.01. The lowest BCUT2D eigenvalue weighted by atomic mass is 10.2. The Morgan fingerprint density at radius 3 is 2.61 bits per heavy atom. The summed E-state index contributed by atoms with van der Waals surface area (Å²) < 4.78 is 33.8. The van der Waals surface area contributed by atoms with E-state index in [1.807, 2.05) is 20.8 Å². The lowest BCUT2D eigenvalue weighted by molar-refractivity contribution is 0.0646. The molecule has 1 unspecified atom stereocenters. The average molecular weight is 394 g/mol. The number of para-hydroxylation sites is 2. The maximum Gasteiger partial charge on any atom is 0.409 e. The predicted octanol–water partition coefficient (Wildman–Crippen LogP) is 4.29. The van der Waals surface area contributed by atoms with Crippen molar-refractivity contribution in [3.05, 3.63) is 30.1 Å². The number of aromatic nitrogens is 2. The van der Waals surface area contributed by atoms with Crippen LogP contribution in [0.25, 0.3) is 11.0 Å². The summed E-state index contributed by atoms with van der Waals surface area (Å²) in [6, 6.07) is 6.67. The molecule has 0 bridgehead atoms. The number of carbonyl (C=O) groups excluding carboxylic acids is 1. The number of alkyl halides is 2. The number of carbonyl (C=O) groups is 1. The van der Waals surface area contributed by atoms with Gasteiger partial charge in [0.2, 0.25) is 0 Å². The van der Waals surface area contributed by atoms with Gasteiger partial charge in [-0.25, -0.2) is 9.78 Å². The molecule has 1 saturated heterocycles. The summed E-state index contributed by atoms with van der Waals surface area (Å²) in [6.07, 6.45) is 0.457. The molecule has 1 aliphatic rings. The lowest BCUT2D eigenvalue weighted by Gasteiger charge is -2.27. The first-order chi connectivity index (χ1) is 13.4. The van der Waals surface area contributed by atoms with E-state index in [1.54, 1.807) is 29.2 Å². The van der Waals surface area contributed by atoms with Crippen molar-refractivity contribution in [2.75, 3.05) is 32.8 Å². The van der Waals surface area contributed by atoms with Crippen molar-refractivity contribution in [3.8, 4) is 0 Å². The second-order valence-electron chi connectivity index (χ2n) is 7.63. The minimum atomic E-state index is -2.65. The Hall–Kier alpha value is -2.22. The van der Waals surface area contributed by atoms with E-state index in [9.17, 15) is 13.6 Å². The fourth-order valence-corrected chi connectivity index (χ4v) is 3.56. The number of rotatable bonds is 5. The van der Waals surface area contributed by atoms with Gasteiger partial charge in [0.05, 0.1) is 23.7 Å². The van der Waals surface area contributed by atoms with Gasteiger partial charge in [0, 0.05) is 26.2 Å². The summed E-state index contributed by atoms with van der Waals surface area (Å²) in [7, 11) is 0. The maximum absolute atomic E-state index is 13.8. The van der Waals surface area contributed by atoms with E-state index in [0.29, 0.717) is 49.6 Å². The van der Waals surface area contributed by atoms with Crippen molar-refractivity contribution in [2.45, 2.75) is 39.8 Å². The Balaban J connectivity index is 1.73. The van der Waals surface area contributed by atoms with Crippen molar-refractivity contribution >= 4 is 17.1 Å². The van der Waals surface area contributed by atoms with Crippen LogP contribution in [0, 0.1) is 5.92 Å². The van der Waals surface area contributed by atoms with Crippen molar-refractivity contribution in [2.24, 2.45) is 5.92 Å². The summed E-state index contributed by atoms with van der Waals surface area (Å²) in [5, 5.41) is 0. The molecule has 8 heteroatoms. The number of hydrogen-bond donors (Lipinski definition) is 0. The first-order valence-corrected chi connectivity index (χ1v) is 9.79. The Morgan fingerprint density at radius 2 is 1.89 bits per heavy atom. The number of nitrogens with zero attached hydrogens (tertiary/aromatic N) is 4. The van der Waals surface area contributed by atoms with Crippen LogP contribution in [0.3, 0.4) is 0 Å². The summed E-state index contributed by atoms with van der Waals surface area (Å²) in [4.78, 5) is 20.5. The van der Waals surface area contributed by atoms with Gasteiger partial charge in [-0.05, 0) is 31.4 Å². The monoisotopic (exact) mass is 394 g/mol. The zero-order chi connectivity index (χ0) is 20.3. The third kappa shape index (κ3) is 4.43. The molecule has 3 rings (SSSR count). The van der Waals surface area contributed by atoms with Gasteiger partial charge in [0.15, 0.2) is 0 Å². The molecule has 2 aromatic rings. The third-order valence-electron chi connectivity index (χ3n) is 5.07. The summed E-state index contributed by atoms with van der Waals surface area (Å²) >= 11 is 0. The number of hydrogen-bond acceptors (Lipinski definition) is 4. The largest absolute Gasteiger partial charge is 0.449 e. The van der Waals surface area contributed by atoms with Gasteiger partial charge in [-0.3, -0.25) is 9.47 Å². The SMILES string of the molecule is CC(C)COC(=O)N1CCCN(C(C)c2nc3ccccc3n2C(F)F)CC1. The molecule has 1 aliphatic heterocycles. The van der Waals surface area contributed by atoms with E-state index in [1.165, 1.54) is 0 Å². The van der Waals surface area contributed by atoms with Crippen molar-refractivity contribution < 1.29 is 18.3 Å². The molecule has 1 fully saturated rings. The maximum atomic E-state index is 13.8. The second kappa shape index (κ2) is 8.86. The number of ether oxygens (including phenoxy) is 1. The van der Waals surface area contributed by atoms with E-state index in [2.05, 4.69) is 9.88 Å². The second-order valence-corrected chi connectivity index (χ2v) is 7.63. The Bertz CT molecular complexity index is 809. The van der Waals surface area contributed by atoms with E-state index in [0.717, 1.165) is 11.0 Å². The molecule has 154 valence electrons.